The highest BCUT2D eigenvalue weighted by atomic mass is 16.7. The fraction of sp³-hybridized carbons (Fsp3) is 0.304. The summed E-state index contributed by atoms with van der Waals surface area (Å²) >= 11 is 0. The molecule has 1 saturated heterocycles. The van der Waals surface area contributed by atoms with E-state index in [-0.39, 0.29) is 0 Å². The van der Waals surface area contributed by atoms with Crippen LogP contribution in [0.5, 0.6) is 11.6 Å². The largest absolute Gasteiger partial charge is 0.439 e. The van der Waals surface area contributed by atoms with Crippen LogP contribution < -0.4 is 4.74 Å². The van der Waals surface area contributed by atoms with Crippen molar-refractivity contribution < 1.29 is 19.0 Å². The number of rotatable bonds is 7. The molecule has 156 valence electrons. The molecule has 0 radical (unpaired) electrons. The second kappa shape index (κ2) is 8.69. The molecule has 0 N–H and O–H groups in total. The fourth-order valence-corrected chi connectivity index (χ4v) is 3.31. The van der Waals surface area contributed by atoms with Crippen molar-refractivity contribution in [1.82, 2.24) is 9.78 Å². The van der Waals surface area contributed by atoms with Crippen LogP contribution in [0.4, 0.5) is 0 Å². The minimum Gasteiger partial charge on any atom is -0.439 e. The quantitative estimate of drug-likeness (QED) is 0.432. The van der Waals surface area contributed by atoms with Gasteiger partial charge < -0.3 is 19.0 Å². The van der Waals surface area contributed by atoms with Crippen LogP contribution in [0.25, 0.3) is 0 Å². The van der Waals surface area contributed by atoms with Gasteiger partial charge in [-0.05, 0) is 31.5 Å². The molecular formula is C23H25N3O4. The lowest BCUT2D eigenvalue weighted by molar-refractivity contribution is -0.149. The monoisotopic (exact) mass is 407 g/mol. The van der Waals surface area contributed by atoms with Gasteiger partial charge in [-0.15, -0.1) is 0 Å². The third kappa shape index (κ3) is 4.37. The number of aryl methyl sites for hydroxylation is 2. The second-order valence-corrected chi connectivity index (χ2v) is 7.19. The van der Waals surface area contributed by atoms with Crippen LogP contribution in [0.1, 0.15) is 29.3 Å². The maximum absolute atomic E-state index is 5.98. The van der Waals surface area contributed by atoms with E-state index in [4.69, 9.17) is 19.0 Å². The Labute approximate surface area is 175 Å². The van der Waals surface area contributed by atoms with E-state index < -0.39 is 5.79 Å². The lowest BCUT2D eigenvalue weighted by Gasteiger charge is -2.22. The molecule has 1 aliphatic rings. The van der Waals surface area contributed by atoms with E-state index in [1.807, 2.05) is 75.5 Å². The molecule has 0 amide bonds. The average Bonchev–Trinajstić information content (AvgIpc) is 3.31. The predicted molar refractivity (Wildman–Crippen MR) is 113 cm³/mol. The van der Waals surface area contributed by atoms with E-state index in [1.165, 1.54) is 0 Å². The van der Waals surface area contributed by atoms with Gasteiger partial charge in [0.15, 0.2) is 5.79 Å². The zero-order valence-corrected chi connectivity index (χ0v) is 17.4. The molecule has 4 rings (SSSR count). The van der Waals surface area contributed by atoms with Gasteiger partial charge in [0.1, 0.15) is 12.4 Å². The second-order valence-electron chi connectivity index (χ2n) is 7.19. The van der Waals surface area contributed by atoms with Crippen LogP contribution in [0.3, 0.4) is 0 Å². The molecule has 0 aliphatic carbocycles. The van der Waals surface area contributed by atoms with E-state index in [9.17, 15) is 0 Å². The Morgan fingerprint density at radius 3 is 2.50 bits per heavy atom. The molecule has 30 heavy (non-hydrogen) atoms. The Hall–Kier alpha value is -3.16. The van der Waals surface area contributed by atoms with Crippen molar-refractivity contribution in [2.75, 3.05) is 13.2 Å². The van der Waals surface area contributed by atoms with Crippen molar-refractivity contribution in [3.63, 3.8) is 0 Å². The molecule has 3 aromatic rings. The standard InChI is InChI=1S/C23H25N3O4/c1-17-21(22(26(3)25-17)30-20-7-5-4-6-8-20)15-24-29-16-18-9-11-19(12-10-18)23(2)27-13-14-28-23/h4-12,15H,13-14,16H2,1-3H3. The molecule has 2 aromatic carbocycles. The number of benzene rings is 2. The Morgan fingerprint density at radius 2 is 1.80 bits per heavy atom. The summed E-state index contributed by atoms with van der Waals surface area (Å²) < 4.78 is 19.0. The van der Waals surface area contributed by atoms with Crippen LogP contribution in [0.15, 0.2) is 59.8 Å². The molecule has 7 heteroatoms. The molecule has 0 spiro atoms. The van der Waals surface area contributed by atoms with Crippen molar-refractivity contribution >= 4 is 6.21 Å². The number of aromatic nitrogens is 2. The topological polar surface area (TPSA) is 67.1 Å². The first-order valence-corrected chi connectivity index (χ1v) is 9.84. The van der Waals surface area contributed by atoms with Crippen LogP contribution in [-0.4, -0.2) is 29.2 Å². The highest BCUT2D eigenvalue weighted by molar-refractivity contribution is 5.84. The van der Waals surface area contributed by atoms with Crippen LogP contribution in [-0.2, 0) is 33.8 Å². The van der Waals surface area contributed by atoms with Gasteiger partial charge in [-0.25, -0.2) is 4.68 Å². The Balaban J connectivity index is 1.39. The third-order valence-electron chi connectivity index (χ3n) is 4.98. The molecule has 0 bridgehead atoms. The summed E-state index contributed by atoms with van der Waals surface area (Å²) in [5.74, 6) is 0.685. The van der Waals surface area contributed by atoms with E-state index in [0.717, 1.165) is 28.1 Å². The van der Waals surface area contributed by atoms with E-state index in [2.05, 4.69) is 10.3 Å². The normalized spacial score (nSPS) is 15.6. The van der Waals surface area contributed by atoms with Crippen molar-refractivity contribution in [3.05, 3.63) is 77.0 Å². The van der Waals surface area contributed by atoms with Gasteiger partial charge >= 0.3 is 0 Å². The van der Waals surface area contributed by atoms with Crippen LogP contribution in [0, 0.1) is 6.92 Å². The number of ether oxygens (including phenoxy) is 3. The SMILES string of the molecule is Cc1nn(C)c(Oc2ccccc2)c1C=NOCc1ccc(C2(C)OCCO2)cc1. The minimum atomic E-state index is -0.662. The molecule has 0 unspecified atom stereocenters. The molecular weight excluding hydrogens is 382 g/mol. The average molecular weight is 407 g/mol. The van der Waals surface area contributed by atoms with E-state index in [0.29, 0.717) is 25.7 Å². The molecule has 1 fully saturated rings. The summed E-state index contributed by atoms with van der Waals surface area (Å²) in [5, 5.41) is 8.54. The lowest BCUT2D eigenvalue weighted by atomic mass is 10.1. The van der Waals surface area contributed by atoms with Crippen molar-refractivity contribution in [2.24, 2.45) is 12.2 Å². The number of para-hydroxylation sites is 1. The molecule has 7 nitrogen and oxygen atoms in total. The summed E-state index contributed by atoms with van der Waals surface area (Å²) in [6.07, 6.45) is 1.64. The maximum atomic E-state index is 5.98. The summed E-state index contributed by atoms with van der Waals surface area (Å²) in [4.78, 5) is 5.50. The van der Waals surface area contributed by atoms with Crippen molar-refractivity contribution in [3.8, 4) is 11.6 Å². The Kier molecular flexibility index (Phi) is 5.83. The molecule has 1 aliphatic heterocycles. The minimum absolute atomic E-state index is 0.351. The van der Waals surface area contributed by atoms with Gasteiger partial charge in [0.25, 0.3) is 0 Å². The molecule has 2 heterocycles. The van der Waals surface area contributed by atoms with Crippen LogP contribution >= 0.6 is 0 Å². The highest BCUT2D eigenvalue weighted by Gasteiger charge is 2.32. The van der Waals surface area contributed by atoms with Gasteiger partial charge in [0.05, 0.1) is 30.7 Å². The molecule has 0 saturated carbocycles. The lowest BCUT2D eigenvalue weighted by Crippen LogP contribution is -2.22. The number of nitrogens with zero attached hydrogens (tertiary/aromatic N) is 3. The predicted octanol–water partition coefficient (Wildman–Crippen LogP) is 4.29. The smallest absolute Gasteiger partial charge is 0.226 e. The Morgan fingerprint density at radius 1 is 1.10 bits per heavy atom. The number of hydrogen-bond acceptors (Lipinski definition) is 6. The zero-order chi connectivity index (χ0) is 21.0. The third-order valence-corrected chi connectivity index (χ3v) is 4.98. The molecule has 0 atom stereocenters. The number of oxime groups is 1. The molecule has 1 aromatic heterocycles. The van der Waals surface area contributed by atoms with E-state index in [1.54, 1.807) is 10.9 Å². The van der Waals surface area contributed by atoms with Gasteiger partial charge in [-0.2, -0.15) is 5.10 Å². The summed E-state index contributed by atoms with van der Waals surface area (Å²) in [6.45, 7) is 5.41. The van der Waals surface area contributed by atoms with Crippen molar-refractivity contribution in [2.45, 2.75) is 26.2 Å². The summed E-state index contributed by atoms with van der Waals surface area (Å²) in [7, 11) is 1.84. The van der Waals surface area contributed by atoms with Gasteiger partial charge in [-0.1, -0.05) is 47.6 Å². The first kappa shape index (κ1) is 20.1. The van der Waals surface area contributed by atoms with Crippen molar-refractivity contribution in [1.29, 1.82) is 0 Å². The van der Waals surface area contributed by atoms with Gasteiger partial charge in [0.2, 0.25) is 5.88 Å². The summed E-state index contributed by atoms with van der Waals surface area (Å²) in [6, 6.07) is 17.5. The zero-order valence-electron chi connectivity index (χ0n) is 17.4. The first-order chi connectivity index (χ1) is 14.5. The van der Waals surface area contributed by atoms with Gasteiger partial charge in [-0.3, -0.25) is 0 Å². The Bertz CT molecular complexity index is 1010. The maximum Gasteiger partial charge on any atom is 0.226 e. The van der Waals surface area contributed by atoms with E-state index >= 15 is 0 Å². The fourth-order valence-electron chi connectivity index (χ4n) is 3.31. The highest BCUT2D eigenvalue weighted by Crippen LogP contribution is 2.31. The van der Waals surface area contributed by atoms with Crippen LogP contribution in [0.2, 0.25) is 0 Å². The number of hydrogen-bond donors (Lipinski definition) is 0. The first-order valence-electron chi connectivity index (χ1n) is 9.84. The van der Waals surface area contributed by atoms with Gasteiger partial charge in [0, 0.05) is 12.6 Å². The summed E-state index contributed by atoms with van der Waals surface area (Å²) in [5.41, 5.74) is 3.58.